The van der Waals surface area contributed by atoms with Crippen LogP contribution in [0.3, 0.4) is 0 Å². The number of hydrogen-bond acceptors (Lipinski definition) is 3. The summed E-state index contributed by atoms with van der Waals surface area (Å²) in [5.41, 5.74) is 0. The highest BCUT2D eigenvalue weighted by molar-refractivity contribution is 5.69. The highest BCUT2D eigenvalue weighted by Crippen LogP contribution is 2.18. The largest absolute Gasteiger partial charge is 0.462 e. The minimum absolute atomic E-state index is 0.0143. The zero-order valence-corrected chi connectivity index (χ0v) is 27.3. The first-order chi connectivity index (χ1) is 19.1. The van der Waals surface area contributed by atoms with Gasteiger partial charge in [-0.05, 0) is 78.4 Å². The molecule has 0 bridgehead atoms. The van der Waals surface area contributed by atoms with Crippen molar-refractivity contribution in [2.24, 2.45) is 0 Å². The molecule has 0 radical (unpaired) electrons. The van der Waals surface area contributed by atoms with Crippen LogP contribution in [0.1, 0.15) is 187 Å². The highest BCUT2D eigenvalue weighted by Gasteiger charge is 2.14. The molecule has 0 aromatic rings. The molecule has 0 saturated carbocycles. The maximum absolute atomic E-state index is 12.4. The predicted molar refractivity (Wildman–Crippen MR) is 174 cm³/mol. The third-order valence-electron chi connectivity index (χ3n) is 7.95. The van der Waals surface area contributed by atoms with Crippen molar-refractivity contribution in [3.05, 3.63) is 12.2 Å². The molecule has 0 aliphatic rings. The Hall–Kier alpha value is -0.830. The van der Waals surface area contributed by atoms with Crippen LogP contribution in [0.15, 0.2) is 12.2 Å². The smallest absolute Gasteiger partial charge is 0.306 e. The molecule has 0 spiro atoms. The van der Waals surface area contributed by atoms with E-state index in [4.69, 9.17) is 4.74 Å². The minimum Gasteiger partial charge on any atom is -0.462 e. The van der Waals surface area contributed by atoms with Crippen molar-refractivity contribution in [2.45, 2.75) is 193 Å². The first kappa shape index (κ1) is 38.2. The van der Waals surface area contributed by atoms with Gasteiger partial charge in [0.15, 0.2) is 0 Å². The summed E-state index contributed by atoms with van der Waals surface area (Å²) in [5, 5.41) is 0. The summed E-state index contributed by atoms with van der Waals surface area (Å²) < 4.78 is 5.93. The normalized spacial score (nSPS) is 12.5. The number of hydrogen-bond donors (Lipinski definition) is 0. The summed E-state index contributed by atoms with van der Waals surface area (Å²) >= 11 is 0. The molecule has 0 aromatic heterocycles. The second kappa shape index (κ2) is 31.7. The van der Waals surface area contributed by atoms with Gasteiger partial charge in [0.1, 0.15) is 6.10 Å². The van der Waals surface area contributed by atoms with Crippen LogP contribution in [0.5, 0.6) is 0 Å². The quantitative estimate of drug-likeness (QED) is 0.0489. The number of nitrogens with zero attached hydrogens (tertiary/aromatic N) is 1. The summed E-state index contributed by atoms with van der Waals surface area (Å²) in [5.74, 6) is 0.0143. The van der Waals surface area contributed by atoms with E-state index in [1.807, 2.05) is 0 Å². The Morgan fingerprint density at radius 2 is 0.949 bits per heavy atom. The van der Waals surface area contributed by atoms with E-state index in [1.165, 1.54) is 148 Å². The molecular weight excluding hydrogens is 478 g/mol. The van der Waals surface area contributed by atoms with E-state index in [0.29, 0.717) is 6.42 Å². The molecule has 0 amide bonds. The average molecular weight is 550 g/mol. The van der Waals surface area contributed by atoms with E-state index < -0.39 is 0 Å². The van der Waals surface area contributed by atoms with Crippen molar-refractivity contribution in [1.82, 2.24) is 4.90 Å². The van der Waals surface area contributed by atoms with Gasteiger partial charge in [-0.15, -0.1) is 0 Å². The first-order valence-electron chi connectivity index (χ1n) is 17.6. The van der Waals surface area contributed by atoms with Crippen LogP contribution in [0.2, 0.25) is 0 Å². The predicted octanol–water partition coefficient (Wildman–Crippen LogP) is 11.6. The lowest BCUT2D eigenvalue weighted by Crippen LogP contribution is -2.20. The number of rotatable bonds is 31. The number of carbonyl (C=O) groups is 1. The fourth-order valence-corrected chi connectivity index (χ4v) is 5.35. The Morgan fingerprint density at radius 1 is 0.564 bits per heavy atom. The number of unbranched alkanes of at least 4 members (excludes halogenated alkanes) is 20. The van der Waals surface area contributed by atoms with Gasteiger partial charge in [0, 0.05) is 6.42 Å². The Balaban J connectivity index is 3.77. The molecule has 0 heterocycles. The van der Waals surface area contributed by atoms with Crippen molar-refractivity contribution >= 4 is 5.97 Å². The van der Waals surface area contributed by atoms with Gasteiger partial charge in [-0.25, -0.2) is 0 Å². The summed E-state index contributed by atoms with van der Waals surface area (Å²) in [6, 6.07) is 0. The van der Waals surface area contributed by atoms with E-state index in [2.05, 4.69) is 45.0 Å². The van der Waals surface area contributed by atoms with Crippen LogP contribution < -0.4 is 0 Å². The Kier molecular flexibility index (Phi) is 31.0. The molecule has 0 N–H and O–H groups in total. The molecule has 3 heteroatoms. The minimum atomic E-state index is 0.0143. The van der Waals surface area contributed by atoms with Crippen molar-refractivity contribution in [1.29, 1.82) is 0 Å². The van der Waals surface area contributed by atoms with Crippen LogP contribution >= 0.6 is 0 Å². The van der Waals surface area contributed by atoms with Crippen LogP contribution in [0.25, 0.3) is 0 Å². The van der Waals surface area contributed by atoms with Crippen molar-refractivity contribution in [2.75, 3.05) is 20.6 Å². The SMILES string of the molecule is CCCCCCCCC/C=C\CCCCCCCCCCC(CCCCCCCC)OC(=O)CCCN(C)C. The third-order valence-corrected chi connectivity index (χ3v) is 7.95. The van der Waals surface area contributed by atoms with E-state index in [1.54, 1.807) is 0 Å². The lowest BCUT2D eigenvalue weighted by Gasteiger charge is -2.18. The molecule has 0 aromatic carbocycles. The molecule has 39 heavy (non-hydrogen) atoms. The molecule has 0 aliphatic heterocycles. The van der Waals surface area contributed by atoms with Crippen LogP contribution in [-0.2, 0) is 9.53 Å². The van der Waals surface area contributed by atoms with Crippen molar-refractivity contribution in [3.63, 3.8) is 0 Å². The maximum Gasteiger partial charge on any atom is 0.306 e. The summed E-state index contributed by atoms with van der Waals surface area (Å²) in [6.07, 6.45) is 39.4. The molecule has 0 fully saturated rings. The monoisotopic (exact) mass is 550 g/mol. The van der Waals surface area contributed by atoms with Gasteiger partial charge in [0.2, 0.25) is 0 Å². The Bertz CT molecular complexity index is 516. The second-order valence-electron chi connectivity index (χ2n) is 12.4. The Labute approximate surface area is 246 Å². The molecule has 232 valence electrons. The standard InChI is InChI=1S/C36H71NO2/c1-5-7-9-11-13-14-15-16-17-18-19-20-21-22-23-24-25-27-29-32-35(31-28-26-12-10-8-6-2)39-36(38)33-30-34-37(3)4/h17-18,35H,5-16,19-34H2,1-4H3/b18-17-. The zero-order chi connectivity index (χ0) is 28.7. The van der Waals surface area contributed by atoms with Gasteiger partial charge in [-0.2, -0.15) is 0 Å². The van der Waals surface area contributed by atoms with Crippen LogP contribution in [0, 0.1) is 0 Å². The second-order valence-corrected chi connectivity index (χ2v) is 12.4. The Morgan fingerprint density at radius 3 is 1.36 bits per heavy atom. The molecule has 0 rings (SSSR count). The molecule has 1 unspecified atom stereocenters. The van der Waals surface area contributed by atoms with Gasteiger partial charge in [0.25, 0.3) is 0 Å². The average Bonchev–Trinajstić information content (AvgIpc) is 2.91. The number of esters is 1. The first-order valence-corrected chi connectivity index (χ1v) is 17.6. The van der Waals surface area contributed by atoms with E-state index in [0.717, 1.165) is 25.8 Å². The summed E-state index contributed by atoms with van der Waals surface area (Å²) in [6.45, 7) is 5.51. The lowest BCUT2D eigenvalue weighted by atomic mass is 10.0. The van der Waals surface area contributed by atoms with Crippen molar-refractivity contribution < 1.29 is 9.53 Å². The molecule has 0 saturated heterocycles. The molecule has 1 atom stereocenters. The number of allylic oxidation sites excluding steroid dienone is 2. The van der Waals surface area contributed by atoms with E-state index >= 15 is 0 Å². The fraction of sp³-hybridized carbons (Fsp3) is 0.917. The highest BCUT2D eigenvalue weighted by atomic mass is 16.5. The topological polar surface area (TPSA) is 29.5 Å². The molecule has 0 aliphatic carbocycles. The van der Waals surface area contributed by atoms with Gasteiger partial charge in [0.05, 0.1) is 0 Å². The van der Waals surface area contributed by atoms with Crippen LogP contribution in [-0.4, -0.2) is 37.6 Å². The third kappa shape index (κ3) is 31.6. The number of ether oxygens (including phenoxy) is 1. The maximum atomic E-state index is 12.4. The summed E-state index contributed by atoms with van der Waals surface area (Å²) in [4.78, 5) is 14.5. The van der Waals surface area contributed by atoms with Gasteiger partial charge < -0.3 is 9.64 Å². The zero-order valence-electron chi connectivity index (χ0n) is 27.3. The fourth-order valence-electron chi connectivity index (χ4n) is 5.35. The van der Waals surface area contributed by atoms with E-state index in [-0.39, 0.29) is 12.1 Å². The van der Waals surface area contributed by atoms with Gasteiger partial charge in [-0.1, -0.05) is 135 Å². The van der Waals surface area contributed by atoms with Crippen LogP contribution in [0.4, 0.5) is 0 Å². The van der Waals surface area contributed by atoms with Crippen molar-refractivity contribution in [3.8, 4) is 0 Å². The van der Waals surface area contributed by atoms with Gasteiger partial charge >= 0.3 is 5.97 Å². The molecule has 3 nitrogen and oxygen atoms in total. The number of carbonyl (C=O) groups excluding carboxylic acids is 1. The lowest BCUT2D eigenvalue weighted by molar-refractivity contribution is -0.150. The van der Waals surface area contributed by atoms with E-state index in [9.17, 15) is 4.79 Å². The summed E-state index contributed by atoms with van der Waals surface area (Å²) in [7, 11) is 4.12. The molecular formula is C36H71NO2. The van der Waals surface area contributed by atoms with Gasteiger partial charge in [-0.3, -0.25) is 4.79 Å².